The number of anilines is 1. The zero-order chi connectivity index (χ0) is 24.9. The Hall–Kier alpha value is -3.88. The van der Waals surface area contributed by atoms with E-state index in [1.165, 1.54) is 19.4 Å². The van der Waals surface area contributed by atoms with Gasteiger partial charge in [0.05, 0.1) is 29.1 Å². The second-order valence-corrected chi connectivity index (χ2v) is 8.82. The number of pyridine rings is 1. The van der Waals surface area contributed by atoms with Crippen LogP contribution in [-0.2, 0) is 0 Å². The topological polar surface area (TPSA) is 111 Å². The van der Waals surface area contributed by atoms with Crippen LogP contribution >= 0.6 is 0 Å². The summed E-state index contributed by atoms with van der Waals surface area (Å²) in [6.07, 6.45) is -0.721. The number of carbonyl (C=O) groups is 1. The van der Waals surface area contributed by atoms with E-state index in [0.29, 0.717) is 28.2 Å². The number of rotatable bonds is 5. The van der Waals surface area contributed by atoms with Gasteiger partial charge in [0, 0.05) is 25.5 Å². The predicted molar refractivity (Wildman–Crippen MR) is 120 cm³/mol. The standard InChI is InChI=1S/C23H22F3N7O2/c1-12-19(18(24)20(25)26)32(23(34)35)7-6-31(12)21-17-15(14-2-3-14)10-33(22(17)30-11-29-21)16-8-13(9-27)4-5-28-16/h4-5,8,10-12,14,18-20H,2-3,6-7H2,1H3,(H,34,35). The number of amides is 1. The second-order valence-electron chi connectivity index (χ2n) is 8.82. The molecule has 1 amide bonds. The Balaban J connectivity index is 1.64. The lowest BCUT2D eigenvalue weighted by molar-refractivity contribution is -0.0178. The molecule has 0 bridgehead atoms. The van der Waals surface area contributed by atoms with Crippen molar-refractivity contribution in [2.24, 2.45) is 0 Å². The third-order valence-corrected chi connectivity index (χ3v) is 6.74. The Morgan fingerprint density at radius 3 is 2.66 bits per heavy atom. The van der Waals surface area contributed by atoms with Crippen LogP contribution in [0, 0.1) is 11.3 Å². The first-order valence-electron chi connectivity index (χ1n) is 11.2. The highest BCUT2D eigenvalue weighted by Gasteiger charge is 2.46. The molecule has 35 heavy (non-hydrogen) atoms. The molecule has 3 unspecified atom stereocenters. The Bertz CT molecular complexity index is 1320. The van der Waals surface area contributed by atoms with Gasteiger partial charge in [-0.3, -0.25) is 9.47 Å². The molecule has 0 aromatic carbocycles. The number of hydrogen-bond acceptors (Lipinski definition) is 6. The molecule has 0 spiro atoms. The van der Waals surface area contributed by atoms with E-state index in [0.717, 1.165) is 23.3 Å². The number of alkyl halides is 3. The van der Waals surface area contributed by atoms with Crippen molar-refractivity contribution in [2.75, 3.05) is 18.0 Å². The minimum absolute atomic E-state index is 0.145. The molecule has 4 heterocycles. The summed E-state index contributed by atoms with van der Waals surface area (Å²) >= 11 is 0. The molecule has 2 fully saturated rings. The van der Waals surface area contributed by atoms with Gasteiger partial charge < -0.3 is 10.0 Å². The number of hydrogen-bond donors (Lipinski definition) is 1. The summed E-state index contributed by atoms with van der Waals surface area (Å²) in [4.78, 5) is 27.4. The molecule has 12 heteroatoms. The average molecular weight is 485 g/mol. The van der Waals surface area contributed by atoms with Gasteiger partial charge in [-0.05, 0) is 43.4 Å². The lowest BCUT2D eigenvalue weighted by Crippen LogP contribution is -2.64. The molecule has 5 rings (SSSR count). The number of nitrogens with zero attached hydrogens (tertiary/aromatic N) is 7. The second kappa shape index (κ2) is 8.72. The van der Waals surface area contributed by atoms with Gasteiger partial charge in [-0.15, -0.1) is 0 Å². The van der Waals surface area contributed by atoms with Crippen LogP contribution in [0.2, 0.25) is 0 Å². The molecule has 1 N–H and O–H groups in total. The first kappa shape index (κ1) is 22.9. The van der Waals surface area contributed by atoms with Gasteiger partial charge in [-0.2, -0.15) is 5.26 Å². The minimum Gasteiger partial charge on any atom is -0.465 e. The fourth-order valence-corrected chi connectivity index (χ4v) is 4.91. The van der Waals surface area contributed by atoms with E-state index >= 15 is 0 Å². The van der Waals surface area contributed by atoms with Crippen LogP contribution in [0.5, 0.6) is 0 Å². The zero-order valence-electron chi connectivity index (χ0n) is 18.7. The van der Waals surface area contributed by atoms with E-state index in [4.69, 9.17) is 0 Å². The normalized spacial score (nSPS) is 21.4. The largest absolute Gasteiger partial charge is 0.465 e. The molecule has 1 aliphatic carbocycles. The summed E-state index contributed by atoms with van der Waals surface area (Å²) < 4.78 is 43.1. The number of fused-ring (bicyclic) bond motifs is 1. The van der Waals surface area contributed by atoms with Gasteiger partial charge in [0.25, 0.3) is 6.43 Å². The number of carboxylic acid groups (broad SMARTS) is 1. The van der Waals surface area contributed by atoms with E-state index in [1.54, 1.807) is 21.6 Å². The highest BCUT2D eigenvalue weighted by Crippen LogP contribution is 2.46. The van der Waals surface area contributed by atoms with Crippen LogP contribution in [0.15, 0.2) is 30.9 Å². The summed E-state index contributed by atoms with van der Waals surface area (Å²) in [5, 5.41) is 19.5. The summed E-state index contributed by atoms with van der Waals surface area (Å²) in [6, 6.07) is 2.85. The van der Waals surface area contributed by atoms with Crippen molar-refractivity contribution < 1.29 is 23.1 Å². The fourth-order valence-electron chi connectivity index (χ4n) is 4.91. The first-order valence-corrected chi connectivity index (χ1v) is 11.2. The van der Waals surface area contributed by atoms with Crippen LogP contribution in [0.1, 0.15) is 36.8 Å². The van der Waals surface area contributed by atoms with Gasteiger partial charge in [0.1, 0.15) is 18.0 Å². The summed E-state index contributed by atoms with van der Waals surface area (Å²) in [5.74, 6) is 1.19. The summed E-state index contributed by atoms with van der Waals surface area (Å²) in [7, 11) is 0. The monoisotopic (exact) mass is 485 g/mol. The molecule has 1 aliphatic heterocycles. The Kier molecular flexibility index (Phi) is 5.70. The SMILES string of the molecule is CC1C(C(F)C(F)F)N(C(=O)O)CCN1c1ncnc2c1c(C1CC1)cn2-c1cc(C#N)ccn1. The minimum atomic E-state index is -3.32. The zero-order valence-corrected chi connectivity index (χ0v) is 18.7. The summed E-state index contributed by atoms with van der Waals surface area (Å²) in [6.45, 7) is 1.55. The number of nitriles is 1. The van der Waals surface area contributed by atoms with Crippen molar-refractivity contribution in [1.29, 1.82) is 5.26 Å². The van der Waals surface area contributed by atoms with Crippen LogP contribution in [0.25, 0.3) is 16.9 Å². The van der Waals surface area contributed by atoms with Crippen LogP contribution in [0.4, 0.5) is 23.8 Å². The smallest absolute Gasteiger partial charge is 0.407 e. The molecule has 3 aromatic rings. The molecular weight excluding hydrogens is 463 g/mol. The van der Waals surface area contributed by atoms with E-state index in [9.17, 15) is 28.3 Å². The third kappa shape index (κ3) is 3.90. The number of aromatic nitrogens is 4. The Morgan fingerprint density at radius 2 is 2.00 bits per heavy atom. The van der Waals surface area contributed by atoms with E-state index in [1.807, 2.05) is 6.20 Å². The highest BCUT2D eigenvalue weighted by atomic mass is 19.3. The van der Waals surface area contributed by atoms with Crippen LogP contribution in [-0.4, -0.2) is 73.4 Å². The maximum Gasteiger partial charge on any atom is 0.407 e. The molecule has 0 radical (unpaired) electrons. The van der Waals surface area contributed by atoms with Crippen LogP contribution in [0.3, 0.4) is 0 Å². The molecule has 9 nitrogen and oxygen atoms in total. The van der Waals surface area contributed by atoms with Crippen molar-refractivity contribution in [2.45, 2.75) is 50.4 Å². The molecule has 3 aromatic heterocycles. The van der Waals surface area contributed by atoms with Gasteiger partial charge in [-0.1, -0.05) is 0 Å². The van der Waals surface area contributed by atoms with E-state index in [-0.39, 0.29) is 19.0 Å². The maximum absolute atomic E-state index is 14.6. The van der Waals surface area contributed by atoms with E-state index in [2.05, 4.69) is 21.0 Å². The quantitative estimate of drug-likeness (QED) is 0.586. The molecule has 2 aliphatic rings. The van der Waals surface area contributed by atoms with Crippen LogP contribution < -0.4 is 4.90 Å². The number of halogens is 3. The van der Waals surface area contributed by atoms with Crippen molar-refractivity contribution in [3.63, 3.8) is 0 Å². The van der Waals surface area contributed by atoms with E-state index < -0.39 is 30.8 Å². The average Bonchev–Trinajstić information content (AvgIpc) is 3.62. The van der Waals surface area contributed by atoms with Crippen molar-refractivity contribution in [3.8, 4) is 11.9 Å². The molecule has 182 valence electrons. The highest BCUT2D eigenvalue weighted by molar-refractivity contribution is 5.93. The summed E-state index contributed by atoms with van der Waals surface area (Å²) in [5.41, 5.74) is 1.91. The Morgan fingerprint density at radius 1 is 1.23 bits per heavy atom. The maximum atomic E-state index is 14.6. The lowest BCUT2D eigenvalue weighted by atomic mass is 9.97. The molecule has 3 atom stereocenters. The number of piperazine rings is 1. The lowest BCUT2D eigenvalue weighted by Gasteiger charge is -2.46. The predicted octanol–water partition coefficient (Wildman–Crippen LogP) is 3.72. The Labute approximate surface area is 198 Å². The van der Waals surface area contributed by atoms with Crippen molar-refractivity contribution >= 4 is 22.9 Å². The molecular formula is C23H22F3N7O2. The molecule has 1 saturated carbocycles. The fraction of sp³-hybridized carbons (Fsp3) is 0.435. The molecule has 1 saturated heterocycles. The van der Waals surface area contributed by atoms with Gasteiger partial charge in [-0.25, -0.2) is 32.9 Å². The van der Waals surface area contributed by atoms with Gasteiger partial charge in [0.2, 0.25) is 0 Å². The van der Waals surface area contributed by atoms with Gasteiger partial charge >= 0.3 is 6.09 Å². The first-order chi connectivity index (χ1) is 16.8. The van der Waals surface area contributed by atoms with Gasteiger partial charge in [0.15, 0.2) is 11.8 Å². The third-order valence-electron chi connectivity index (χ3n) is 6.74. The van der Waals surface area contributed by atoms with Crippen molar-refractivity contribution in [3.05, 3.63) is 42.0 Å². The van der Waals surface area contributed by atoms with Crippen molar-refractivity contribution in [1.82, 2.24) is 24.4 Å².